The number of hydrogen-bond acceptors (Lipinski definition) is 8. The van der Waals surface area contributed by atoms with Crippen LogP contribution in [0.5, 0.6) is 0 Å². The van der Waals surface area contributed by atoms with Gasteiger partial charge in [0, 0.05) is 11.1 Å². The van der Waals surface area contributed by atoms with Crippen LogP contribution in [0.1, 0.15) is 39.4 Å². The van der Waals surface area contributed by atoms with Gasteiger partial charge in [-0.3, -0.25) is 20.4 Å². The van der Waals surface area contributed by atoms with E-state index in [1.165, 1.54) is 11.3 Å². The third-order valence-corrected chi connectivity index (χ3v) is 4.09. The topological polar surface area (TPSA) is 123 Å². The quantitative estimate of drug-likeness (QED) is 0.574. The third-order valence-electron chi connectivity index (χ3n) is 3.13. The SMILES string of the molecule is CCc1noc(C)c1C(=O)OCC(=O)NNC(=O)Cc1nc(C)cs1. The summed E-state index contributed by atoms with van der Waals surface area (Å²) >= 11 is 1.36. The largest absolute Gasteiger partial charge is 0.452 e. The predicted octanol–water partition coefficient (Wildman–Crippen LogP) is 0.857. The van der Waals surface area contributed by atoms with Gasteiger partial charge in [-0.05, 0) is 20.3 Å². The molecule has 2 heterocycles. The monoisotopic (exact) mass is 366 g/mol. The van der Waals surface area contributed by atoms with E-state index in [0.29, 0.717) is 22.9 Å². The van der Waals surface area contributed by atoms with Gasteiger partial charge in [0.05, 0.1) is 12.1 Å². The van der Waals surface area contributed by atoms with Crippen LogP contribution in [0.15, 0.2) is 9.90 Å². The van der Waals surface area contributed by atoms with Gasteiger partial charge < -0.3 is 9.26 Å². The first-order chi connectivity index (χ1) is 11.9. The Hall–Kier alpha value is -2.75. The molecule has 0 bridgehead atoms. The number of aryl methyl sites for hydroxylation is 3. The van der Waals surface area contributed by atoms with Crippen LogP contribution in [0.4, 0.5) is 0 Å². The van der Waals surface area contributed by atoms with Crippen LogP contribution in [0.2, 0.25) is 0 Å². The molecule has 0 fully saturated rings. The Labute approximate surface area is 147 Å². The van der Waals surface area contributed by atoms with Gasteiger partial charge in [0.2, 0.25) is 5.91 Å². The van der Waals surface area contributed by atoms with E-state index in [-0.39, 0.29) is 12.0 Å². The summed E-state index contributed by atoms with van der Waals surface area (Å²) in [6.45, 7) is 4.70. The number of nitrogens with zero attached hydrogens (tertiary/aromatic N) is 2. The van der Waals surface area contributed by atoms with Gasteiger partial charge in [-0.2, -0.15) is 0 Å². The van der Waals surface area contributed by atoms with Crippen LogP contribution in [-0.2, 0) is 27.2 Å². The lowest BCUT2D eigenvalue weighted by molar-refractivity contribution is -0.130. The Bertz CT molecular complexity index is 783. The normalized spacial score (nSPS) is 10.4. The number of nitrogens with one attached hydrogen (secondary N) is 2. The van der Waals surface area contributed by atoms with Crippen LogP contribution < -0.4 is 10.9 Å². The summed E-state index contributed by atoms with van der Waals surface area (Å²) in [5.41, 5.74) is 5.94. The second-order valence-electron chi connectivity index (χ2n) is 5.15. The van der Waals surface area contributed by atoms with E-state index < -0.39 is 24.4 Å². The first-order valence-electron chi connectivity index (χ1n) is 7.51. The van der Waals surface area contributed by atoms with Crippen LogP contribution in [0, 0.1) is 13.8 Å². The number of rotatable bonds is 6. The molecule has 2 aromatic heterocycles. The minimum Gasteiger partial charge on any atom is -0.452 e. The van der Waals surface area contributed by atoms with E-state index in [1.807, 2.05) is 19.2 Å². The Kier molecular flexibility index (Phi) is 6.23. The van der Waals surface area contributed by atoms with E-state index in [1.54, 1.807) is 6.92 Å². The van der Waals surface area contributed by atoms with Crippen LogP contribution >= 0.6 is 11.3 Å². The van der Waals surface area contributed by atoms with Crippen molar-refractivity contribution in [1.82, 2.24) is 21.0 Å². The number of ether oxygens (including phenoxy) is 1. The lowest BCUT2D eigenvalue weighted by Gasteiger charge is -2.07. The molecule has 2 aromatic rings. The highest BCUT2D eigenvalue weighted by molar-refractivity contribution is 7.09. The standard InChI is InChI=1S/C15H18N4O5S/c1-4-10-14(9(3)24-19-10)15(22)23-6-12(21)18-17-11(20)5-13-16-8(2)7-25-13/h7H,4-6H2,1-3H3,(H,17,20)(H,18,21). The summed E-state index contributed by atoms with van der Waals surface area (Å²) in [5.74, 6) is -1.45. The van der Waals surface area contributed by atoms with Crippen LogP contribution in [-0.4, -0.2) is 34.5 Å². The molecule has 0 saturated carbocycles. The van der Waals surface area contributed by atoms with E-state index >= 15 is 0 Å². The number of thiazole rings is 1. The number of hydrazine groups is 1. The van der Waals surface area contributed by atoms with E-state index in [9.17, 15) is 14.4 Å². The van der Waals surface area contributed by atoms with Crippen molar-refractivity contribution in [3.05, 3.63) is 33.1 Å². The molecule has 2 amide bonds. The number of carbonyl (C=O) groups excluding carboxylic acids is 3. The number of hydrogen-bond donors (Lipinski definition) is 2. The maximum absolute atomic E-state index is 12.0. The Morgan fingerprint density at radius 2 is 1.96 bits per heavy atom. The Balaban J connectivity index is 1.75. The summed E-state index contributed by atoms with van der Waals surface area (Å²) in [4.78, 5) is 39.5. The van der Waals surface area contributed by atoms with Crippen molar-refractivity contribution >= 4 is 29.1 Å². The van der Waals surface area contributed by atoms with Gasteiger partial charge in [-0.1, -0.05) is 12.1 Å². The highest BCUT2D eigenvalue weighted by Crippen LogP contribution is 2.15. The number of esters is 1. The summed E-state index contributed by atoms with van der Waals surface area (Å²) < 4.78 is 9.85. The molecule has 134 valence electrons. The molecule has 0 unspecified atom stereocenters. The molecule has 0 aliphatic heterocycles. The average Bonchev–Trinajstić information content (AvgIpc) is 3.15. The molecule has 10 heteroatoms. The molecule has 0 spiro atoms. The van der Waals surface area contributed by atoms with Gasteiger partial charge in [0.1, 0.15) is 16.3 Å². The molecule has 2 N–H and O–H groups in total. The van der Waals surface area contributed by atoms with E-state index in [0.717, 1.165) is 5.69 Å². The van der Waals surface area contributed by atoms with Crippen molar-refractivity contribution in [3.63, 3.8) is 0 Å². The van der Waals surface area contributed by atoms with Crippen LogP contribution in [0.25, 0.3) is 0 Å². The summed E-state index contributed by atoms with van der Waals surface area (Å²) in [7, 11) is 0. The summed E-state index contributed by atoms with van der Waals surface area (Å²) in [6, 6.07) is 0. The molecule has 25 heavy (non-hydrogen) atoms. The van der Waals surface area contributed by atoms with Gasteiger partial charge in [-0.25, -0.2) is 9.78 Å². The minimum absolute atomic E-state index is 0.0539. The summed E-state index contributed by atoms with van der Waals surface area (Å²) in [6.07, 6.45) is 0.554. The van der Waals surface area contributed by atoms with E-state index in [4.69, 9.17) is 9.26 Å². The number of amides is 2. The van der Waals surface area contributed by atoms with Crippen molar-refractivity contribution in [2.75, 3.05) is 6.61 Å². The zero-order chi connectivity index (χ0) is 18.4. The molecule has 0 aliphatic rings. The Morgan fingerprint density at radius 3 is 2.60 bits per heavy atom. The van der Waals surface area contributed by atoms with E-state index in [2.05, 4.69) is 21.0 Å². The average molecular weight is 366 g/mol. The fourth-order valence-electron chi connectivity index (χ4n) is 1.97. The summed E-state index contributed by atoms with van der Waals surface area (Å²) in [5, 5.41) is 6.22. The Morgan fingerprint density at radius 1 is 1.24 bits per heavy atom. The lowest BCUT2D eigenvalue weighted by Crippen LogP contribution is -2.44. The van der Waals surface area contributed by atoms with Gasteiger partial charge in [0.25, 0.3) is 5.91 Å². The first-order valence-corrected chi connectivity index (χ1v) is 8.39. The molecule has 0 radical (unpaired) electrons. The van der Waals surface area contributed by atoms with Crippen molar-refractivity contribution in [2.24, 2.45) is 0 Å². The zero-order valence-corrected chi connectivity index (χ0v) is 14.9. The maximum Gasteiger partial charge on any atom is 0.344 e. The number of carbonyl (C=O) groups is 3. The minimum atomic E-state index is -0.699. The van der Waals surface area contributed by atoms with Gasteiger partial charge in [-0.15, -0.1) is 11.3 Å². The van der Waals surface area contributed by atoms with Gasteiger partial charge >= 0.3 is 5.97 Å². The van der Waals surface area contributed by atoms with Gasteiger partial charge in [0.15, 0.2) is 6.61 Å². The first kappa shape index (κ1) is 18.6. The molecule has 0 aromatic carbocycles. The molecule has 0 atom stereocenters. The highest BCUT2D eigenvalue weighted by Gasteiger charge is 2.21. The number of aromatic nitrogens is 2. The van der Waals surface area contributed by atoms with Crippen molar-refractivity contribution < 1.29 is 23.6 Å². The highest BCUT2D eigenvalue weighted by atomic mass is 32.1. The zero-order valence-electron chi connectivity index (χ0n) is 14.0. The molecule has 9 nitrogen and oxygen atoms in total. The fourth-order valence-corrected chi connectivity index (χ4v) is 2.74. The smallest absolute Gasteiger partial charge is 0.344 e. The van der Waals surface area contributed by atoms with Crippen LogP contribution in [0.3, 0.4) is 0 Å². The predicted molar refractivity (Wildman–Crippen MR) is 87.7 cm³/mol. The lowest BCUT2D eigenvalue weighted by atomic mass is 10.1. The molecule has 0 aliphatic carbocycles. The molecular weight excluding hydrogens is 348 g/mol. The van der Waals surface area contributed by atoms with Crippen molar-refractivity contribution in [1.29, 1.82) is 0 Å². The van der Waals surface area contributed by atoms with Crippen molar-refractivity contribution in [2.45, 2.75) is 33.6 Å². The molecule has 0 saturated heterocycles. The fraction of sp³-hybridized carbons (Fsp3) is 0.400. The second-order valence-corrected chi connectivity index (χ2v) is 6.09. The molecule has 2 rings (SSSR count). The van der Waals surface area contributed by atoms with Crippen molar-refractivity contribution in [3.8, 4) is 0 Å². The maximum atomic E-state index is 12.0. The third kappa shape index (κ3) is 5.11. The second kappa shape index (κ2) is 8.38. The molecular formula is C15H18N4O5S.